The Morgan fingerprint density at radius 2 is 1.00 bits per heavy atom. The van der Waals surface area contributed by atoms with Crippen LogP contribution in [-0.2, 0) is 20.8 Å². The van der Waals surface area contributed by atoms with Crippen LogP contribution in [0.4, 0.5) is 0 Å². The van der Waals surface area contributed by atoms with Crippen LogP contribution in [0.5, 0.6) is 0 Å². The van der Waals surface area contributed by atoms with Gasteiger partial charge in [-0.3, -0.25) is 0 Å². The minimum absolute atomic E-state index is 0.796. The Morgan fingerprint density at radius 3 is 1.39 bits per heavy atom. The number of rotatable bonds is 2. The molecule has 3 aliphatic rings. The zero-order chi connectivity index (χ0) is 19.3. The van der Waals surface area contributed by atoms with Crippen molar-refractivity contribution in [1.82, 2.24) is 0 Å². The fourth-order valence-corrected chi connectivity index (χ4v) is 5.41. The molecular weight excluding hydrogens is 462 g/mol. The average Bonchev–Trinajstić information content (AvgIpc) is 3.13. The molecule has 3 heteroatoms. The van der Waals surface area contributed by atoms with Crippen molar-refractivity contribution in [2.24, 2.45) is 0 Å². The van der Waals surface area contributed by atoms with E-state index in [0.29, 0.717) is 0 Å². The van der Waals surface area contributed by atoms with Crippen molar-refractivity contribution >= 4 is 17.0 Å². The molecule has 0 bridgehead atoms. The molecule has 0 amide bonds. The zero-order valence-corrected chi connectivity index (χ0v) is 20.5. The van der Waals surface area contributed by atoms with Crippen LogP contribution in [0.2, 0.25) is 0 Å². The molecular formula is C25H29Cl2Zr. The number of halogens is 2. The van der Waals surface area contributed by atoms with E-state index in [2.05, 4.69) is 42.8 Å². The predicted octanol–water partition coefficient (Wildman–Crippen LogP) is 8.74. The van der Waals surface area contributed by atoms with Crippen LogP contribution < -0.4 is 0 Å². The van der Waals surface area contributed by atoms with Crippen LogP contribution in [0.1, 0.15) is 98.3 Å². The van der Waals surface area contributed by atoms with Crippen molar-refractivity contribution in [3.63, 3.8) is 0 Å². The first-order valence-electron chi connectivity index (χ1n) is 10.9. The molecule has 0 aliphatic heterocycles. The van der Waals surface area contributed by atoms with Crippen LogP contribution in [0.15, 0.2) is 36.4 Å². The van der Waals surface area contributed by atoms with Crippen molar-refractivity contribution in [3.05, 3.63) is 65.1 Å². The third kappa shape index (κ3) is 4.79. The Kier molecular flexibility index (Phi) is 7.76. The molecule has 5 rings (SSSR count). The summed E-state index contributed by atoms with van der Waals surface area (Å²) in [6.45, 7) is 0. The summed E-state index contributed by atoms with van der Waals surface area (Å²) in [6.07, 6.45) is 16.5. The van der Waals surface area contributed by atoms with Gasteiger partial charge in [0.15, 0.2) is 0 Å². The molecule has 2 aromatic rings. The van der Waals surface area contributed by atoms with Crippen LogP contribution in [0.25, 0.3) is 11.1 Å². The predicted molar refractivity (Wildman–Crippen MR) is 118 cm³/mol. The fraction of sp³-hybridized carbons (Fsp3) is 0.480. The molecule has 3 aliphatic carbocycles. The van der Waals surface area contributed by atoms with E-state index in [0.717, 1.165) is 11.8 Å². The number of hydrogen-bond donors (Lipinski definition) is 0. The van der Waals surface area contributed by atoms with E-state index in [-0.39, 0.29) is 0 Å². The molecule has 2 fully saturated rings. The zero-order valence-electron chi connectivity index (χ0n) is 16.5. The van der Waals surface area contributed by atoms with E-state index < -0.39 is 20.8 Å². The van der Waals surface area contributed by atoms with Crippen LogP contribution in [0.3, 0.4) is 0 Å². The van der Waals surface area contributed by atoms with Gasteiger partial charge in [0, 0.05) is 6.42 Å². The second-order valence-corrected chi connectivity index (χ2v) is 12.3. The van der Waals surface area contributed by atoms with Crippen molar-refractivity contribution in [1.29, 1.82) is 0 Å². The number of benzene rings is 2. The molecule has 0 aromatic heterocycles. The quantitative estimate of drug-likeness (QED) is 0.336. The van der Waals surface area contributed by atoms with Crippen molar-refractivity contribution in [3.8, 4) is 11.1 Å². The van der Waals surface area contributed by atoms with E-state index in [1.165, 1.54) is 86.5 Å². The monoisotopic (exact) mass is 489 g/mol. The topological polar surface area (TPSA) is 0 Å². The summed E-state index contributed by atoms with van der Waals surface area (Å²) in [5.74, 6) is 1.59. The average molecular weight is 492 g/mol. The fourth-order valence-electron chi connectivity index (χ4n) is 5.41. The molecule has 1 radical (unpaired) electrons. The van der Waals surface area contributed by atoms with Crippen molar-refractivity contribution in [2.75, 3.05) is 0 Å². The first kappa shape index (κ1) is 21.1. The Balaban J connectivity index is 0.000000604. The molecule has 0 heterocycles. The van der Waals surface area contributed by atoms with Crippen LogP contribution >= 0.6 is 17.0 Å². The van der Waals surface area contributed by atoms with Gasteiger partial charge in [-0.05, 0) is 70.9 Å². The van der Waals surface area contributed by atoms with E-state index in [9.17, 15) is 0 Å². The molecule has 28 heavy (non-hydrogen) atoms. The van der Waals surface area contributed by atoms with Crippen molar-refractivity contribution in [2.45, 2.75) is 76.0 Å². The Labute approximate surface area is 189 Å². The standard InChI is InChI=1S/C25H29.2ClH.Zr/c1-3-7-18(8-4-1)20-11-13-22-15-23-14-12-21(17-25(23)24(22)16-20)19-9-5-2-6-10-19;;;/h11-19H,1-10H2;2*1H;/q;;;+2/p-2. The van der Waals surface area contributed by atoms with Gasteiger partial charge in [-0.25, -0.2) is 0 Å². The summed E-state index contributed by atoms with van der Waals surface area (Å²) in [4.78, 5) is 0. The van der Waals surface area contributed by atoms with Crippen molar-refractivity contribution < 1.29 is 20.8 Å². The van der Waals surface area contributed by atoms with Gasteiger partial charge in [0.05, 0.1) is 0 Å². The van der Waals surface area contributed by atoms with Gasteiger partial charge < -0.3 is 0 Å². The molecule has 147 valence electrons. The summed E-state index contributed by atoms with van der Waals surface area (Å²) in [6, 6.07) is 14.6. The molecule has 0 nitrogen and oxygen atoms in total. The summed E-state index contributed by atoms with van der Waals surface area (Å²) in [5, 5.41) is 0. The van der Waals surface area contributed by atoms with Gasteiger partial charge in [0.2, 0.25) is 0 Å². The second kappa shape index (κ2) is 10.3. The minimum atomic E-state index is -0.826. The Hall–Kier alpha value is -0.0969. The maximum atomic E-state index is 4.93. The molecule has 0 unspecified atom stereocenters. The van der Waals surface area contributed by atoms with Gasteiger partial charge in [0.1, 0.15) is 0 Å². The summed E-state index contributed by atoms with van der Waals surface area (Å²) < 4.78 is 0. The van der Waals surface area contributed by atoms with Gasteiger partial charge in [-0.15, -0.1) is 0 Å². The maximum absolute atomic E-state index is 4.93. The SMILES string of the molecule is [CH]1c2ccc(C3CCCCC3)cc2-c2cc(C3CCCCC3)ccc21.[Cl][Zr][Cl]. The van der Waals surface area contributed by atoms with E-state index in [1.54, 1.807) is 11.1 Å². The van der Waals surface area contributed by atoms with Crippen LogP contribution in [-0.4, -0.2) is 0 Å². The third-order valence-corrected chi connectivity index (χ3v) is 6.91. The van der Waals surface area contributed by atoms with E-state index >= 15 is 0 Å². The first-order valence-corrected chi connectivity index (χ1v) is 17.2. The van der Waals surface area contributed by atoms with Crippen LogP contribution in [0, 0.1) is 6.42 Å². The molecule has 2 saturated carbocycles. The first-order chi connectivity index (χ1) is 13.8. The number of fused-ring (bicyclic) bond motifs is 3. The summed E-state index contributed by atoms with van der Waals surface area (Å²) >= 11 is -0.826. The molecule has 0 atom stereocenters. The molecule has 0 N–H and O–H groups in total. The van der Waals surface area contributed by atoms with Gasteiger partial charge in [-0.2, -0.15) is 0 Å². The van der Waals surface area contributed by atoms with Gasteiger partial charge in [-0.1, -0.05) is 74.9 Å². The Bertz CT molecular complexity index is 724. The van der Waals surface area contributed by atoms with E-state index in [1.807, 2.05) is 0 Å². The number of hydrogen-bond acceptors (Lipinski definition) is 0. The summed E-state index contributed by atoms with van der Waals surface area (Å²) in [5.41, 5.74) is 9.02. The second-order valence-electron chi connectivity index (χ2n) is 8.58. The Morgan fingerprint density at radius 1 is 0.607 bits per heavy atom. The summed E-state index contributed by atoms with van der Waals surface area (Å²) in [7, 11) is 9.87. The van der Waals surface area contributed by atoms with Gasteiger partial charge >= 0.3 is 37.9 Å². The van der Waals surface area contributed by atoms with E-state index in [4.69, 9.17) is 17.0 Å². The molecule has 0 saturated heterocycles. The normalized spacial score (nSPS) is 19.4. The molecule has 2 aromatic carbocycles. The third-order valence-electron chi connectivity index (χ3n) is 6.91. The van der Waals surface area contributed by atoms with Gasteiger partial charge in [0.25, 0.3) is 0 Å². The molecule has 0 spiro atoms.